The smallest absolute Gasteiger partial charge is 0.279 e. The first kappa shape index (κ1) is 21.5. The lowest BCUT2D eigenvalue weighted by Crippen LogP contribution is -2.47. The minimum Gasteiger partial charge on any atom is -0.481 e. The Morgan fingerprint density at radius 1 is 1.03 bits per heavy atom. The van der Waals surface area contributed by atoms with E-state index in [0.29, 0.717) is 22.0 Å². The number of amides is 2. The van der Waals surface area contributed by atoms with Gasteiger partial charge in [-0.2, -0.15) is 0 Å². The molecule has 2 N–H and O–H groups in total. The molecule has 1 atom stereocenters. The number of aromatic nitrogens is 1. The van der Waals surface area contributed by atoms with Gasteiger partial charge < -0.3 is 4.74 Å². The summed E-state index contributed by atoms with van der Waals surface area (Å²) in [4.78, 5) is 28.8. The molecule has 0 radical (unpaired) electrons. The van der Waals surface area contributed by atoms with Crippen molar-refractivity contribution in [3.63, 3.8) is 0 Å². The lowest BCUT2D eigenvalue weighted by molar-refractivity contribution is -0.132. The first-order valence-electron chi connectivity index (χ1n) is 9.92. The van der Waals surface area contributed by atoms with E-state index < -0.39 is 17.9 Å². The maximum atomic E-state index is 13.4. The number of hydrogen-bond donors (Lipinski definition) is 2. The highest BCUT2D eigenvalue weighted by Gasteiger charge is 2.16. The molecule has 4 aromatic rings. The average Bonchev–Trinajstić information content (AvgIpc) is 3.26. The number of hydrazine groups is 1. The monoisotopic (exact) mass is 449 g/mol. The number of ether oxygens (including phenoxy) is 1. The molecule has 3 aromatic carbocycles. The van der Waals surface area contributed by atoms with Crippen molar-refractivity contribution in [2.75, 3.05) is 0 Å². The fourth-order valence-corrected chi connectivity index (χ4v) is 3.90. The number of fused-ring (bicyclic) bond motifs is 1. The number of carbonyl (C=O) groups is 2. The van der Waals surface area contributed by atoms with E-state index in [0.717, 1.165) is 10.8 Å². The number of halogens is 1. The normalized spacial score (nSPS) is 11.7. The number of rotatable bonds is 6. The zero-order chi connectivity index (χ0) is 22.5. The van der Waals surface area contributed by atoms with E-state index >= 15 is 0 Å². The molecule has 2 amide bonds. The Morgan fingerprint density at radius 3 is 2.66 bits per heavy atom. The first-order valence-corrected chi connectivity index (χ1v) is 10.8. The molecule has 0 aliphatic heterocycles. The van der Waals surface area contributed by atoms with Crippen LogP contribution in [0.15, 0.2) is 72.1 Å². The molecule has 8 heteroatoms. The number of nitrogens with one attached hydrogen (secondary N) is 2. The summed E-state index contributed by atoms with van der Waals surface area (Å²) < 4.78 is 19.1. The molecular formula is C24H20FN3O3S. The highest BCUT2D eigenvalue weighted by molar-refractivity contribution is 7.13. The molecule has 162 valence electrons. The topological polar surface area (TPSA) is 80.3 Å². The maximum Gasteiger partial charge on any atom is 0.279 e. The molecule has 0 aliphatic rings. The van der Waals surface area contributed by atoms with Crippen molar-refractivity contribution in [1.29, 1.82) is 0 Å². The van der Waals surface area contributed by atoms with Gasteiger partial charge in [0.2, 0.25) is 5.91 Å². The van der Waals surface area contributed by atoms with Crippen molar-refractivity contribution in [1.82, 2.24) is 15.8 Å². The van der Waals surface area contributed by atoms with Gasteiger partial charge in [-0.25, -0.2) is 9.37 Å². The zero-order valence-electron chi connectivity index (χ0n) is 17.2. The molecule has 0 spiro atoms. The van der Waals surface area contributed by atoms with E-state index in [-0.39, 0.29) is 12.2 Å². The standard InChI is InChI=1S/C24H20FN3O3S/c1-15(31-21-10-9-16-5-2-3-6-17(16)12-21)23(30)28-27-22(29)13-20-14-32-24(26-20)18-7-4-8-19(25)11-18/h2-12,14-15H,13H2,1H3,(H,27,29)(H,28,30). The first-order chi connectivity index (χ1) is 15.5. The molecule has 6 nitrogen and oxygen atoms in total. The van der Waals surface area contributed by atoms with Gasteiger partial charge in [0.05, 0.1) is 12.1 Å². The highest BCUT2D eigenvalue weighted by Crippen LogP contribution is 2.24. The van der Waals surface area contributed by atoms with Crippen LogP contribution in [0.4, 0.5) is 4.39 Å². The summed E-state index contributed by atoms with van der Waals surface area (Å²) in [6.45, 7) is 1.60. The molecule has 0 saturated carbocycles. The van der Waals surface area contributed by atoms with Crippen LogP contribution >= 0.6 is 11.3 Å². The van der Waals surface area contributed by atoms with Crippen molar-refractivity contribution in [2.24, 2.45) is 0 Å². The second kappa shape index (κ2) is 9.57. The zero-order valence-corrected chi connectivity index (χ0v) is 18.0. The molecule has 0 aliphatic carbocycles. The summed E-state index contributed by atoms with van der Waals surface area (Å²) in [5.74, 6) is -0.692. The Kier molecular flexibility index (Phi) is 6.42. The van der Waals surface area contributed by atoms with Crippen LogP contribution in [0.2, 0.25) is 0 Å². The van der Waals surface area contributed by atoms with Crippen LogP contribution < -0.4 is 15.6 Å². The summed E-state index contributed by atoms with van der Waals surface area (Å²) in [5.41, 5.74) is 5.92. The van der Waals surface area contributed by atoms with E-state index in [1.807, 2.05) is 36.4 Å². The Labute approximate surface area is 188 Å². The Morgan fingerprint density at radius 2 is 1.84 bits per heavy atom. The summed E-state index contributed by atoms with van der Waals surface area (Å²) >= 11 is 1.32. The quantitative estimate of drug-likeness (QED) is 0.431. The van der Waals surface area contributed by atoms with Gasteiger partial charge in [-0.05, 0) is 42.0 Å². The number of carbonyl (C=O) groups excluding carboxylic acids is 2. The molecule has 4 rings (SSSR count). The second-order valence-corrected chi connectivity index (χ2v) is 8.00. The number of nitrogens with zero attached hydrogens (tertiary/aromatic N) is 1. The molecule has 1 heterocycles. The average molecular weight is 450 g/mol. The molecule has 0 bridgehead atoms. The Balaban J connectivity index is 1.28. The second-order valence-electron chi connectivity index (χ2n) is 7.14. The summed E-state index contributed by atoms with van der Waals surface area (Å²) in [7, 11) is 0. The largest absolute Gasteiger partial charge is 0.481 e. The summed E-state index contributed by atoms with van der Waals surface area (Å²) in [5, 5.41) is 4.43. The summed E-state index contributed by atoms with van der Waals surface area (Å²) in [6, 6.07) is 19.5. The van der Waals surface area contributed by atoms with Crippen molar-refractivity contribution in [2.45, 2.75) is 19.4 Å². The van der Waals surface area contributed by atoms with Crippen LogP contribution in [0.25, 0.3) is 21.3 Å². The van der Waals surface area contributed by atoms with E-state index in [4.69, 9.17) is 4.74 Å². The Bertz CT molecular complexity index is 1270. The lowest BCUT2D eigenvalue weighted by atomic mass is 10.1. The van der Waals surface area contributed by atoms with E-state index in [1.165, 1.54) is 23.5 Å². The van der Waals surface area contributed by atoms with Gasteiger partial charge in [-0.3, -0.25) is 20.4 Å². The van der Waals surface area contributed by atoms with Crippen LogP contribution in [-0.2, 0) is 16.0 Å². The minimum absolute atomic E-state index is 0.0218. The fourth-order valence-electron chi connectivity index (χ4n) is 3.08. The van der Waals surface area contributed by atoms with E-state index in [2.05, 4.69) is 15.8 Å². The van der Waals surface area contributed by atoms with E-state index in [9.17, 15) is 14.0 Å². The van der Waals surface area contributed by atoms with Crippen molar-refractivity contribution >= 4 is 33.9 Å². The van der Waals surface area contributed by atoms with E-state index in [1.54, 1.807) is 30.5 Å². The van der Waals surface area contributed by atoms with Crippen molar-refractivity contribution in [3.8, 4) is 16.3 Å². The van der Waals surface area contributed by atoms with Gasteiger partial charge in [0, 0.05) is 10.9 Å². The molecular weight excluding hydrogens is 429 g/mol. The number of benzene rings is 3. The number of hydrogen-bond acceptors (Lipinski definition) is 5. The summed E-state index contributed by atoms with van der Waals surface area (Å²) in [6.07, 6.45) is -0.832. The minimum atomic E-state index is -0.810. The van der Waals surface area contributed by atoms with Crippen molar-refractivity contribution in [3.05, 3.63) is 83.6 Å². The van der Waals surface area contributed by atoms with Crippen LogP contribution in [0.5, 0.6) is 5.75 Å². The van der Waals surface area contributed by atoms with Gasteiger partial charge >= 0.3 is 0 Å². The van der Waals surface area contributed by atoms with Gasteiger partial charge in [-0.1, -0.05) is 42.5 Å². The van der Waals surface area contributed by atoms with Gasteiger partial charge in [0.25, 0.3) is 5.91 Å². The van der Waals surface area contributed by atoms with Crippen LogP contribution in [0.3, 0.4) is 0 Å². The van der Waals surface area contributed by atoms with Crippen LogP contribution in [0, 0.1) is 5.82 Å². The van der Waals surface area contributed by atoms with Crippen LogP contribution in [-0.4, -0.2) is 22.9 Å². The van der Waals surface area contributed by atoms with Gasteiger partial charge in [0.15, 0.2) is 6.10 Å². The predicted octanol–water partition coefficient (Wildman–Crippen LogP) is 4.26. The van der Waals surface area contributed by atoms with Gasteiger partial charge in [-0.15, -0.1) is 11.3 Å². The van der Waals surface area contributed by atoms with Crippen LogP contribution in [0.1, 0.15) is 12.6 Å². The fraction of sp³-hybridized carbons (Fsp3) is 0.125. The third-order valence-electron chi connectivity index (χ3n) is 4.69. The maximum absolute atomic E-state index is 13.4. The third kappa shape index (κ3) is 5.28. The van der Waals surface area contributed by atoms with Crippen molar-refractivity contribution < 1.29 is 18.7 Å². The number of thiazole rings is 1. The third-order valence-corrected chi connectivity index (χ3v) is 5.63. The molecule has 32 heavy (non-hydrogen) atoms. The van der Waals surface area contributed by atoms with Gasteiger partial charge in [0.1, 0.15) is 16.6 Å². The molecule has 0 saturated heterocycles. The molecule has 1 aromatic heterocycles. The predicted molar refractivity (Wildman–Crippen MR) is 122 cm³/mol. The Hall–Kier alpha value is -3.78. The molecule has 0 fully saturated rings. The molecule has 1 unspecified atom stereocenters. The lowest BCUT2D eigenvalue weighted by Gasteiger charge is -2.15. The highest BCUT2D eigenvalue weighted by atomic mass is 32.1. The SMILES string of the molecule is CC(Oc1ccc2ccccc2c1)C(=O)NNC(=O)Cc1csc(-c2cccc(F)c2)n1.